The molecule has 2 amide bonds. The molecule has 0 spiro atoms. The van der Waals surface area contributed by atoms with E-state index in [4.69, 9.17) is 0 Å². The Balaban J connectivity index is 1.69. The van der Waals surface area contributed by atoms with Gasteiger partial charge in [0.15, 0.2) is 0 Å². The van der Waals surface area contributed by atoms with Gasteiger partial charge in [-0.3, -0.25) is 9.59 Å². The zero-order valence-electron chi connectivity index (χ0n) is 13.8. The molecule has 5 nitrogen and oxygen atoms in total. The quantitative estimate of drug-likeness (QED) is 0.834. The molecule has 1 aliphatic rings. The van der Waals surface area contributed by atoms with Gasteiger partial charge in [0.05, 0.1) is 0 Å². The van der Waals surface area contributed by atoms with E-state index >= 15 is 0 Å². The van der Waals surface area contributed by atoms with Gasteiger partial charge in [-0.1, -0.05) is 29.8 Å². The van der Waals surface area contributed by atoms with Crippen LogP contribution >= 0.6 is 0 Å². The molecule has 0 saturated carbocycles. The van der Waals surface area contributed by atoms with Gasteiger partial charge in [0.25, 0.3) is 11.8 Å². The van der Waals surface area contributed by atoms with Crippen LogP contribution in [0.15, 0.2) is 48.5 Å². The number of halogens is 1. The summed E-state index contributed by atoms with van der Waals surface area (Å²) in [5, 5.41) is 13.2. The highest BCUT2D eigenvalue weighted by Gasteiger charge is 2.51. The first-order chi connectivity index (χ1) is 11.9. The molecular formula is C19H19FN2O3. The van der Waals surface area contributed by atoms with Crippen molar-refractivity contribution in [1.29, 1.82) is 0 Å². The van der Waals surface area contributed by atoms with Crippen LogP contribution in [0.4, 0.5) is 10.1 Å². The highest BCUT2D eigenvalue weighted by Crippen LogP contribution is 2.28. The number of nitrogens with zero attached hydrogens (tertiary/aromatic N) is 1. The molecule has 1 atom stereocenters. The maximum Gasteiger partial charge on any atom is 0.268 e. The van der Waals surface area contributed by atoms with Gasteiger partial charge in [0.1, 0.15) is 5.82 Å². The molecule has 3 rings (SSSR count). The summed E-state index contributed by atoms with van der Waals surface area (Å²) in [7, 11) is 0. The van der Waals surface area contributed by atoms with Crippen LogP contribution in [0.5, 0.6) is 0 Å². The van der Waals surface area contributed by atoms with Crippen LogP contribution in [0.3, 0.4) is 0 Å². The second-order valence-electron chi connectivity index (χ2n) is 6.22. The van der Waals surface area contributed by atoms with Gasteiger partial charge in [-0.2, -0.15) is 0 Å². The minimum atomic E-state index is -2.10. The lowest BCUT2D eigenvalue weighted by Gasteiger charge is -2.21. The molecule has 2 aromatic rings. The van der Waals surface area contributed by atoms with E-state index in [0.29, 0.717) is 5.69 Å². The van der Waals surface area contributed by atoms with E-state index < -0.39 is 23.2 Å². The number of rotatable bonds is 4. The fourth-order valence-corrected chi connectivity index (χ4v) is 2.93. The molecule has 1 saturated heterocycles. The molecular weight excluding hydrogens is 323 g/mol. The van der Waals surface area contributed by atoms with Crippen molar-refractivity contribution in [2.75, 3.05) is 11.4 Å². The first-order valence-corrected chi connectivity index (χ1v) is 8.04. The summed E-state index contributed by atoms with van der Waals surface area (Å²) in [6, 6.07) is 13.0. The number of benzene rings is 2. The Bertz CT molecular complexity index is 807. The van der Waals surface area contributed by atoms with Gasteiger partial charge in [-0.05, 0) is 36.8 Å². The number of hydrogen-bond donors (Lipinski definition) is 2. The minimum Gasteiger partial charge on any atom is -0.372 e. The van der Waals surface area contributed by atoms with Gasteiger partial charge in [0.2, 0.25) is 5.60 Å². The van der Waals surface area contributed by atoms with Crippen LogP contribution < -0.4 is 10.2 Å². The summed E-state index contributed by atoms with van der Waals surface area (Å²) in [6.07, 6.45) is -0.0111. The van der Waals surface area contributed by atoms with Crippen LogP contribution in [0.1, 0.15) is 17.5 Å². The number of aliphatic hydroxyl groups is 1. The predicted molar refractivity (Wildman–Crippen MR) is 91.3 cm³/mol. The Morgan fingerprint density at radius 2 is 2.00 bits per heavy atom. The monoisotopic (exact) mass is 342 g/mol. The van der Waals surface area contributed by atoms with Crippen LogP contribution in [0.25, 0.3) is 0 Å². The molecule has 1 fully saturated rings. The molecule has 1 aliphatic heterocycles. The van der Waals surface area contributed by atoms with Crippen LogP contribution in [0.2, 0.25) is 0 Å². The Morgan fingerprint density at radius 1 is 1.28 bits per heavy atom. The lowest BCUT2D eigenvalue weighted by molar-refractivity contribution is -0.149. The summed E-state index contributed by atoms with van der Waals surface area (Å²) in [4.78, 5) is 26.2. The normalized spacial score (nSPS) is 20.0. The molecule has 2 aromatic carbocycles. The largest absolute Gasteiger partial charge is 0.372 e. The topological polar surface area (TPSA) is 69.6 Å². The summed E-state index contributed by atoms with van der Waals surface area (Å²) in [5.74, 6) is -1.83. The molecule has 1 heterocycles. The smallest absolute Gasteiger partial charge is 0.268 e. The number of nitrogens with one attached hydrogen (secondary N) is 1. The van der Waals surface area contributed by atoms with Crippen molar-refractivity contribution >= 4 is 17.5 Å². The second-order valence-corrected chi connectivity index (χ2v) is 6.22. The lowest BCUT2D eigenvalue weighted by atomic mass is 10.0. The predicted octanol–water partition coefficient (Wildman–Crippen LogP) is 1.92. The van der Waals surface area contributed by atoms with E-state index in [-0.39, 0.29) is 19.5 Å². The van der Waals surface area contributed by atoms with Crippen molar-refractivity contribution in [3.05, 3.63) is 65.5 Å². The first kappa shape index (κ1) is 17.1. The molecule has 0 radical (unpaired) electrons. The van der Waals surface area contributed by atoms with E-state index in [1.165, 1.54) is 29.2 Å². The Morgan fingerprint density at radius 3 is 2.68 bits per heavy atom. The fourth-order valence-electron chi connectivity index (χ4n) is 2.93. The number of anilines is 1. The van der Waals surface area contributed by atoms with E-state index in [1.54, 1.807) is 0 Å². The summed E-state index contributed by atoms with van der Waals surface area (Å²) in [5.41, 5.74) is 0.301. The SMILES string of the molecule is Cc1cccc(CNC(=O)C2(O)CCN(c3ccc(F)cc3)C2=O)c1. The number of amides is 2. The zero-order chi connectivity index (χ0) is 18.0. The third kappa shape index (κ3) is 3.39. The van der Waals surface area contributed by atoms with Gasteiger partial charge < -0.3 is 15.3 Å². The average Bonchev–Trinajstić information content (AvgIpc) is 2.90. The molecule has 0 bridgehead atoms. The number of carbonyl (C=O) groups is 2. The number of aryl methyl sites for hydroxylation is 1. The van der Waals surface area contributed by atoms with Crippen molar-refractivity contribution in [1.82, 2.24) is 5.32 Å². The Kier molecular flexibility index (Phi) is 4.55. The Hall–Kier alpha value is -2.73. The van der Waals surface area contributed by atoms with E-state index in [2.05, 4.69) is 5.32 Å². The van der Waals surface area contributed by atoms with Crippen LogP contribution in [-0.2, 0) is 16.1 Å². The average molecular weight is 342 g/mol. The van der Waals surface area contributed by atoms with Crippen molar-refractivity contribution in [3.8, 4) is 0 Å². The van der Waals surface area contributed by atoms with Gasteiger partial charge in [-0.15, -0.1) is 0 Å². The standard InChI is InChI=1S/C19H19FN2O3/c1-13-3-2-4-14(11-13)12-21-17(23)19(25)9-10-22(18(19)24)16-7-5-15(20)6-8-16/h2-8,11,25H,9-10,12H2,1H3,(H,21,23). The highest BCUT2D eigenvalue weighted by molar-refractivity contribution is 6.16. The fraction of sp³-hybridized carbons (Fsp3) is 0.263. The maximum absolute atomic E-state index is 13.0. The summed E-state index contributed by atoms with van der Waals surface area (Å²) in [6.45, 7) is 2.37. The summed E-state index contributed by atoms with van der Waals surface area (Å²) >= 11 is 0. The van der Waals surface area contributed by atoms with Crippen LogP contribution in [-0.4, -0.2) is 29.1 Å². The van der Waals surface area contributed by atoms with Crippen molar-refractivity contribution in [2.24, 2.45) is 0 Å². The van der Waals surface area contributed by atoms with Crippen molar-refractivity contribution < 1.29 is 19.1 Å². The molecule has 6 heteroatoms. The molecule has 25 heavy (non-hydrogen) atoms. The van der Waals surface area contributed by atoms with Crippen molar-refractivity contribution in [2.45, 2.75) is 25.5 Å². The van der Waals surface area contributed by atoms with Crippen LogP contribution in [0, 0.1) is 12.7 Å². The number of hydrogen-bond acceptors (Lipinski definition) is 3. The molecule has 1 unspecified atom stereocenters. The van der Waals surface area contributed by atoms with Gasteiger partial charge in [0, 0.05) is 25.2 Å². The third-order valence-corrected chi connectivity index (χ3v) is 4.35. The van der Waals surface area contributed by atoms with Crippen molar-refractivity contribution in [3.63, 3.8) is 0 Å². The Labute approximate surface area is 145 Å². The molecule has 0 aliphatic carbocycles. The first-order valence-electron chi connectivity index (χ1n) is 8.04. The lowest BCUT2D eigenvalue weighted by Crippen LogP contribution is -2.52. The zero-order valence-corrected chi connectivity index (χ0v) is 13.8. The summed E-state index contributed by atoms with van der Waals surface area (Å²) < 4.78 is 13.0. The molecule has 2 N–H and O–H groups in total. The third-order valence-electron chi connectivity index (χ3n) is 4.35. The maximum atomic E-state index is 13.0. The van der Waals surface area contributed by atoms with E-state index in [9.17, 15) is 19.1 Å². The number of carbonyl (C=O) groups excluding carboxylic acids is 2. The van der Waals surface area contributed by atoms with E-state index in [1.807, 2.05) is 31.2 Å². The second kappa shape index (κ2) is 6.64. The highest BCUT2D eigenvalue weighted by atomic mass is 19.1. The van der Waals surface area contributed by atoms with Gasteiger partial charge in [-0.25, -0.2) is 4.39 Å². The minimum absolute atomic E-state index is 0.0111. The van der Waals surface area contributed by atoms with Gasteiger partial charge >= 0.3 is 0 Å². The molecule has 0 aromatic heterocycles. The van der Waals surface area contributed by atoms with E-state index in [0.717, 1.165) is 11.1 Å². The molecule has 130 valence electrons.